The smallest absolute Gasteiger partial charge is 0.249 e. The van der Waals surface area contributed by atoms with Crippen molar-refractivity contribution >= 4 is 11.8 Å². The molecule has 0 heterocycles. The summed E-state index contributed by atoms with van der Waals surface area (Å²) in [7, 11) is 8.05. The van der Waals surface area contributed by atoms with Crippen molar-refractivity contribution in [2.24, 2.45) is 22.9 Å². The van der Waals surface area contributed by atoms with Gasteiger partial charge in [-0.3, -0.25) is 9.59 Å². The summed E-state index contributed by atoms with van der Waals surface area (Å²) in [6.45, 7) is 3.11. The molecule has 0 bridgehead atoms. The molecule has 18 nitrogen and oxygen atoms in total. The summed E-state index contributed by atoms with van der Waals surface area (Å²) >= 11 is 0. The normalized spacial score (nSPS) is 17.8. The van der Waals surface area contributed by atoms with Crippen LogP contribution in [0.5, 0.6) is 0 Å². The quantitative estimate of drug-likeness (QED) is 0.0906. The van der Waals surface area contributed by atoms with Gasteiger partial charge in [0.2, 0.25) is 11.8 Å². The van der Waals surface area contributed by atoms with Gasteiger partial charge in [0.25, 0.3) is 0 Å². The van der Waals surface area contributed by atoms with Gasteiger partial charge in [-0.15, -0.1) is 0 Å². The van der Waals surface area contributed by atoms with Crippen LogP contribution in [0.2, 0.25) is 0 Å². The maximum atomic E-state index is 10.3. The molecule has 9 atom stereocenters. The molecule has 0 fully saturated rings. The van der Waals surface area contributed by atoms with Crippen LogP contribution in [0.3, 0.4) is 0 Å². The highest BCUT2D eigenvalue weighted by Gasteiger charge is 2.33. The van der Waals surface area contributed by atoms with Crippen molar-refractivity contribution < 1.29 is 60.7 Å². The number of aliphatic hydroxyl groups is 10. The van der Waals surface area contributed by atoms with Gasteiger partial charge in [0.15, 0.2) is 12.2 Å². The highest BCUT2D eigenvalue weighted by atomic mass is 16.4. The highest BCUT2D eigenvalue weighted by molar-refractivity contribution is 5.79. The molecule has 0 aliphatic heterocycles. The van der Waals surface area contributed by atoms with Crippen LogP contribution >= 0.6 is 0 Å². The van der Waals surface area contributed by atoms with Crippen molar-refractivity contribution in [3.63, 3.8) is 0 Å². The molecule has 1 unspecified atom stereocenters. The first kappa shape index (κ1) is 44.4. The van der Waals surface area contributed by atoms with E-state index in [-0.39, 0.29) is 0 Å². The minimum absolute atomic E-state index is 0.301. The van der Waals surface area contributed by atoms with Crippen molar-refractivity contribution in [1.29, 1.82) is 0 Å². The van der Waals surface area contributed by atoms with Crippen molar-refractivity contribution in [2.45, 2.75) is 61.8 Å². The summed E-state index contributed by atoms with van der Waals surface area (Å²) in [5.41, 5.74) is 19.9. The van der Waals surface area contributed by atoms with E-state index in [9.17, 15) is 9.59 Å². The van der Waals surface area contributed by atoms with Crippen LogP contribution < -0.4 is 22.9 Å². The fraction of sp³-hybridized carbons (Fsp3) is 0.905. The SMILES string of the molecule is CC(N)CN(C)C.CN(C)CCN.NC(=O)[C@H](O)[C@@H](O)[C@H](O)[C@H](O)CO.NC(=O)[C@H](O)[C@@H](O)[C@H](O)[C@H](O)CO. The average Bonchev–Trinajstić information content (AvgIpc) is 2.84. The third-order valence-electron chi connectivity index (χ3n) is 4.32. The molecule has 0 aliphatic rings. The van der Waals surface area contributed by atoms with Gasteiger partial charge in [-0.05, 0) is 35.1 Å². The van der Waals surface area contributed by atoms with Crippen LogP contribution in [0.25, 0.3) is 0 Å². The lowest BCUT2D eigenvalue weighted by Crippen LogP contribution is -2.50. The Hall–Kier alpha value is -1.62. The number of carbonyl (C=O) groups is 2. The Bertz CT molecular complexity index is 562. The number of hydrogen-bond acceptors (Lipinski definition) is 16. The van der Waals surface area contributed by atoms with Crippen molar-refractivity contribution in [2.75, 3.05) is 61.0 Å². The summed E-state index contributed by atoms with van der Waals surface area (Å²) in [4.78, 5) is 24.8. The molecule has 238 valence electrons. The van der Waals surface area contributed by atoms with Gasteiger partial charge in [0.1, 0.15) is 36.6 Å². The highest BCUT2D eigenvalue weighted by Crippen LogP contribution is 2.05. The Kier molecular flexibility index (Phi) is 28.9. The maximum absolute atomic E-state index is 10.3. The topological polar surface area (TPSA) is 347 Å². The molecule has 0 spiro atoms. The fourth-order valence-corrected chi connectivity index (χ4v) is 2.22. The molecule has 0 aromatic carbocycles. The van der Waals surface area contributed by atoms with Crippen LogP contribution in [0, 0.1) is 0 Å². The Morgan fingerprint density at radius 1 is 0.667 bits per heavy atom. The zero-order chi connectivity index (χ0) is 32.0. The van der Waals surface area contributed by atoms with Crippen LogP contribution in [0.15, 0.2) is 0 Å². The van der Waals surface area contributed by atoms with E-state index >= 15 is 0 Å². The van der Waals surface area contributed by atoms with E-state index in [0.717, 1.165) is 19.6 Å². The summed E-state index contributed by atoms with van der Waals surface area (Å²) in [6, 6.07) is 0.301. The number of hydrogen-bond donors (Lipinski definition) is 14. The van der Waals surface area contributed by atoms with E-state index < -0.39 is 73.9 Å². The lowest BCUT2D eigenvalue weighted by atomic mass is 10.0. The summed E-state index contributed by atoms with van der Waals surface area (Å²) in [5, 5.41) is 87.9. The molecule has 0 saturated heterocycles. The number of rotatable bonds is 14. The number of aliphatic hydroxyl groups excluding tert-OH is 10. The van der Waals surface area contributed by atoms with E-state index in [1.165, 1.54) is 0 Å². The minimum atomic E-state index is -1.98. The van der Waals surface area contributed by atoms with Gasteiger partial charge in [0.05, 0.1) is 13.2 Å². The molecule has 0 rings (SSSR count). The van der Waals surface area contributed by atoms with Gasteiger partial charge in [-0.2, -0.15) is 0 Å². The Labute approximate surface area is 228 Å². The third kappa shape index (κ3) is 25.1. The van der Waals surface area contributed by atoms with Crippen molar-refractivity contribution in [1.82, 2.24) is 9.80 Å². The molecule has 18 heteroatoms. The van der Waals surface area contributed by atoms with Gasteiger partial charge >= 0.3 is 0 Å². The zero-order valence-corrected chi connectivity index (χ0v) is 23.2. The summed E-state index contributed by atoms with van der Waals surface area (Å²) in [6.07, 6.45) is -14.7. The summed E-state index contributed by atoms with van der Waals surface area (Å²) in [5.74, 6) is -2.45. The van der Waals surface area contributed by atoms with Gasteiger partial charge < -0.3 is 83.8 Å². The number of likely N-dealkylation sites (N-methyl/N-ethyl adjacent to an activating group) is 2. The van der Waals surface area contributed by atoms with Crippen molar-refractivity contribution in [3.05, 3.63) is 0 Å². The fourth-order valence-electron chi connectivity index (χ4n) is 2.22. The monoisotopic (exact) mass is 580 g/mol. The molecule has 39 heavy (non-hydrogen) atoms. The van der Waals surface area contributed by atoms with E-state index in [4.69, 9.17) is 62.5 Å². The standard InChI is InChI=1S/2C6H13NO6.C5H14N2.C4H12N2/c2*7-6(13)5(12)4(11)3(10)2(9)1-8;1-5(6)4-7(2)3;1-6(2)4-3-5/h2*2-5,8-12H,1H2,(H2,7,13);5H,4,6H2,1-3H3;3-5H2,1-2H3/t2*2-,3-,4+,5-;;/m11../s1. The van der Waals surface area contributed by atoms with Crippen LogP contribution in [0.4, 0.5) is 0 Å². The van der Waals surface area contributed by atoms with Crippen LogP contribution in [0.1, 0.15) is 6.92 Å². The zero-order valence-electron chi connectivity index (χ0n) is 23.2. The number of nitrogens with zero attached hydrogens (tertiary/aromatic N) is 2. The number of amides is 2. The average molecular weight is 581 g/mol. The maximum Gasteiger partial charge on any atom is 0.249 e. The first-order chi connectivity index (χ1) is 17.7. The first-order valence-corrected chi connectivity index (χ1v) is 11.7. The van der Waals surface area contributed by atoms with Crippen LogP contribution in [-0.4, -0.2) is 189 Å². The predicted molar refractivity (Wildman–Crippen MR) is 140 cm³/mol. The Morgan fingerprint density at radius 3 is 1.08 bits per heavy atom. The first-order valence-electron chi connectivity index (χ1n) is 11.7. The molecular formula is C21H52N6O12. The second-order valence-electron chi connectivity index (χ2n) is 8.99. The molecule has 0 saturated carbocycles. The lowest BCUT2D eigenvalue weighted by Gasteiger charge is -2.23. The van der Waals surface area contributed by atoms with E-state index in [2.05, 4.69) is 21.3 Å². The largest absolute Gasteiger partial charge is 0.394 e. The van der Waals surface area contributed by atoms with E-state index in [1.54, 1.807) is 0 Å². The van der Waals surface area contributed by atoms with E-state index in [1.807, 2.05) is 35.1 Å². The van der Waals surface area contributed by atoms with E-state index in [0.29, 0.717) is 6.04 Å². The van der Waals surface area contributed by atoms with Gasteiger partial charge in [-0.1, -0.05) is 0 Å². The Morgan fingerprint density at radius 2 is 0.974 bits per heavy atom. The van der Waals surface area contributed by atoms with Gasteiger partial charge in [0, 0.05) is 25.7 Å². The summed E-state index contributed by atoms with van der Waals surface area (Å²) < 4.78 is 0. The molecule has 18 N–H and O–H groups in total. The minimum Gasteiger partial charge on any atom is -0.394 e. The molecule has 0 aromatic heterocycles. The Balaban J connectivity index is -0.000000221. The van der Waals surface area contributed by atoms with Gasteiger partial charge in [-0.25, -0.2) is 0 Å². The van der Waals surface area contributed by atoms with Crippen LogP contribution in [-0.2, 0) is 9.59 Å². The lowest BCUT2D eigenvalue weighted by molar-refractivity contribution is -0.146. The molecule has 0 aromatic rings. The second-order valence-corrected chi connectivity index (χ2v) is 8.99. The third-order valence-corrected chi connectivity index (χ3v) is 4.32. The number of carbonyl (C=O) groups excluding carboxylic acids is 2. The van der Waals surface area contributed by atoms with Crippen molar-refractivity contribution in [3.8, 4) is 0 Å². The molecule has 2 amide bonds. The predicted octanol–water partition coefficient (Wildman–Crippen LogP) is -8.78. The number of primary amides is 2. The molecular weight excluding hydrogens is 528 g/mol. The molecule has 0 aliphatic carbocycles. The number of nitrogens with two attached hydrogens (primary N) is 4. The second kappa shape index (κ2) is 25.4. The molecule has 0 radical (unpaired) electrons.